The van der Waals surface area contributed by atoms with Gasteiger partial charge in [0, 0.05) is 36.9 Å². The number of nitrogens with zero attached hydrogens (tertiary/aromatic N) is 1. The van der Waals surface area contributed by atoms with Crippen LogP contribution in [0, 0.1) is 5.41 Å². The lowest BCUT2D eigenvalue weighted by Gasteiger charge is -2.43. The summed E-state index contributed by atoms with van der Waals surface area (Å²) in [5.74, 6) is 0.226. The molecule has 5 rings (SSSR count). The first-order valence-electron chi connectivity index (χ1n) is 11.0. The van der Waals surface area contributed by atoms with Crippen molar-refractivity contribution in [2.24, 2.45) is 5.41 Å². The summed E-state index contributed by atoms with van der Waals surface area (Å²) >= 11 is 1.72. The second kappa shape index (κ2) is 8.46. The first kappa shape index (κ1) is 21.6. The summed E-state index contributed by atoms with van der Waals surface area (Å²) in [7, 11) is 1.84. The lowest BCUT2D eigenvalue weighted by atomic mass is 9.76. The summed E-state index contributed by atoms with van der Waals surface area (Å²) in [5.41, 5.74) is 1.32. The minimum Gasteiger partial charge on any atom is -0.381 e. The second-order valence-electron chi connectivity index (χ2n) is 9.10. The van der Waals surface area contributed by atoms with Crippen molar-refractivity contribution >= 4 is 29.7 Å². The molecule has 1 aliphatic carbocycles. The molecule has 1 N–H and O–H groups in total. The predicted molar refractivity (Wildman–Crippen MR) is 117 cm³/mol. The van der Waals surface area contributed by atoms with Crippen molar-refractivity contribution in [2.75, 3.05) is 39.9 Å². The molecule has 1 aromatic heterocycles. The van der Waals surface area contributed by atoms with Crippen molar-refractivity contribution in [3.8, 4) is 0 Å². The second-order valence-corrected chi connectivity index (χ2v) is 10.2. The van der Waals surface area contributed by atoms with Crippen molar-refractivity contribution < 1.29 is 14.3 Å². The molecule has 2 saturated heterocycles. The average Bonchev–Trinajstić information content (AvgIpc) is 3.33. The van der Waals surface area contributed by atoms with Gasteiger partial charge in [0.05, 0.1) is 23.2 Å². The zero-order valence-corrected chi connectivity index (χ0v) is 19.0. The van der Waals surface area contributed by atoms with E-state index in [4.69, 9.17) is 9.47 Å². The Morgan fingerprint density at radius 2 is 2.07 bits per heavy atom. The maximum Gasteiger partial charge on any atom is 0.263 e. The largest absolute Gasteiger partial charge is 0.381 e. The molecule has 0 unspecified atom stereocenters. The van der Waals surface area contributed by atoms with Gasteiger partial charge in [-0.25, -0.2) is 0 Å². The molecule has 4 heterocycles. The summed E-state index contributed by atoms with van der Waals surface area (Å²) in [4.78, 5) is 17.9. The van der Waals surface area contributed by atoms with Gasteiger partial charge in [-0.15, -0.1) is 23.7 Å². The number of thiophene rings is 1. The van der Waals surface area contributed by atoms with E-state index < -0.39 is 0 Å². The zero-order valence-electron chi connectivity index (χ0n) is 17.3. The van der Waals surface area contributed by atoms with E-state index in [1.165, 1.54) is 29.7 Å². The number of rotatable bonds is 2. The van der Waals surface area contributed by atoms with Gasteiger partial charge < -0.3 is 19.7 Å². The van der Waals surface area contributed by atoms with Crippen molar-refractivity contribution in [2.45, 2.75) is 63.1 Å². The highest BCUT2D eigenvalue weighted by Gasteiger charge is 2.47. The molecule has 2 atom stereocenters. The number of hydrogen-bond acceptors (Lipinski definition) is 5. The molecule has 5 nitrogen and oxygen atoms in total. The van der Waals surface area contributed by atoms with Gasteiger partial charge in [0.15, 0.2) is 0 Å². The summed E-state index contributed by atoms with van der Waals surface area (Å²) in [6.07, 6.45) is 9.11. The fraction of sp³-hybridized carbons (Fsp3) is 0.773. The number of carbonyl (C=O) groups is 1. The van der Waals surface area contributed by atoms with Gasteiger partial charge in [-0.3, -0.25) is 4.79 Å². The molecule has 1 aromatic rings. The maximum atomic E-state index is 13.5. The number of ether oxygens (including phenoxy) is 2. The first-order chi connectivity index (χ1) is 13.7. The highest BCUT2D eigenvalue weighted by molar-refractivity contribution is 7.14. The average molecular weight is 441 g/mol. The molecule has 1 saturated carbocycles. The monoisotopic (exact) mass is 440 g/mol. The Morgan fingerprint density at radius 1 is 1.28 bits per heavy atom. The number of likely N-dealkylation sites (tertiary alicyclic amines) is 1. The fourth-order valence-corrected chi connectivity index (χ4v) is 7.40. The third-order valence-corrected chi connectivity index (χ3v) is 8.82. The number of fused-ring (bicyclic) bond motifs is 2. The molecule has 3 fully saturated rings. The third-order valence-electron chi connectivity index (χ3n) is 7.63. The number of piperidine rings is 2. The van der Waals surface area contributed by atoms with E-state index in [2.05, 4.69) is 16.3 Å². The quantitative estimate of drug-likeness (QED) is 0.761. The van der Waals surface area contributed by atoms with Gasteiger partial charge in [-0.1, -0.05) is 6.42 Å². The van der Waals surface area contributed by atoms with Gasteiger partial charge in [0.1, 0.15) is 0 Å². The molecule has 0 aromatic carbocycles. The summed E-state index contributed by atoms with van der Waals surface area (Å²) in [6, 6.07) is 2.18. The Morgan fingerprint density at radius 3 is 2.86 bits per heavy atom. The van der Waals surface area contributed by atoms with Crippen LogP contribution < -0.4 is 5.32 Å². The number of nitrogens with one attached hydrogen (secondary N) is 1. The third kappa shape index (κ3) is 3.65. The summed E-state index contributed by atoms with van der Waals surface area (Å²) < 4.78 is 12.1. The number of halogens is 1. The molecule has 2 spiro atoms. The van der Waals surface area contributed by atoms with Gasteiger partial charge >= 0.3 is 0 Å². The normalized spacial score (nSPS) is 30.9. The topological polar surface area (TPSA) is 50.8 Å². The highest BCUT2D eigenvalue weighted by atomic mass is 35.5. The van der Waals surface area contributed by atoms with Gasteiger partial charge in [0.2, 0.25) is 0 Å². The van der Waals surface area contributed by atoms with Gasteiger partial charge in [-0.2, -0.15) is 0 Å². The minimum atomic E-state index is -0.163. The molecule has 7 heteroatoms. The summed E-state index contributed by atoms with van der Waals surface area (Å²) in [5, 5.41) is 3.44. The Hall–Kier alpha value is -0.660. The van der Waals surface area contributed by atoms with Crippen LogP contribution >= 0.6 is 23.7 Å². The predicted octanol–water partition coefficient (Wildman–Crippen LogP) is 3.74. The molecule has 4 aliphatic rings. The van der Waals surface area contributed by atoms with Crippen LogP contribution in [0.5, 0.6) is 0 Å². The smallest absolute Gasteiger partial charge is 0.263 e. The number of carbonyl (C=O) groups excluding carboxylic acids is 1. The molecule has 3 aliphatic heterocycles. The van der Waals surface area contributed by atoms with E-state index in [0.717, 1.165) is 69.8 Å². The SMILES string of the molecule is CO[C@@H]1CCC[C@]12CCCN(C(=O)c1cc3c(s1)CCOC31CCNCC1)C2.Cl. The minimum absolute atomic E-state index is 0. The fourth-order valence-electron chi connectivity index (χ4n) is 6.20. The van der Waals surface area contributed by atoms with Crippen LogP contribution in [-0.2, 0) is 21.5 Å². The van der Waals surface area contributed by atoms with E-state index in [0.29, 0.717) is 6.10 Å². The van der Waals surface area contributed by atoms with E-state index in [-0.39, 0.29) is 29.3 Å². The van der Waals surface area contributed by atoms with Crippen molar-refractivity contribution in [3.05, 3.63) is 21.4 Å². The van der Waals surface area contributed by atoms with Crippen LogP contribution in [-0.4, -0.2) is 56.8 Å². The molecule has 0 radical (unpaired) electrons. The van der Waals surface area contributed by atoms with Crippen LogP contribution in [0.3, 0.4) is 0 Å². The van der Waals surface area contributed by atoms with Crippen molar-refractivity contribution in [3.63, 3.8) is 0 Å². The summed E-state index contributed by atoms with van der Waals surface area (Å²) in [6.45, 7) is 4.50. The number of amides is 1. The lowest BCUT2D eigenvalue weighted by Crippen LogP contribution is -2.49. The van der Waals surface area contributed by atoms with Gasteiger partial charge in [0.25, 0.3) is 5.91 Å². The van der Waals surface area contributed by atoms with Gasteiger partial charge in [-0.05, 0) is 63.2 Å². The Kier molecular flexibility index (Phi) is 6.29. The van der Waals surface area contributed by atoms with Crippen LogP contribution in [0.15, 0.2) is 6.07 Å². The standard InChI is InChI=1S/C22H32N2O3S.ClH/c1-26-19-4-2-6-21(19)7-3-12-24(15-21)20(25)18-14-16-17(28-18)5-13-27-22(16)8-10-23-11-9-22;/h14,19,23H,2-13,15H2,1H3;1H/t19-,21-;/m1./s1. The lowest BCUT2D eigenvalue weighted by molar-refractivity contribution is -0.0792. The molecular weight excluding hydrogens is 408 g/mol. The van der Waals surface area contributed by atoms with Crippen molar-refractivity contribution in [1.29, 1.82) is 0 Å². The van der Waals surface area contributed by atoms with E-state index in [1.807, 2.05) is 7.11 Å². The van der Waals surface area contributed by atoms with E-state index in [1.54, 1.807) is 11.3 Å². The van der Waals surface area contributed by atoms with E-state index in [9.17, 15) is 4.79 Å². The Labute approximate surface area is 183 Å². The molecule has 1 amide bonds. The van der Waals surface area contributed by atoms with E-state index >= 15 is 0 Å². The molecule has 29 heavy (non-hydrogen) atoms. The molecule has 0 bridgehead atoms. The first-order valence-corrected chi connectivity index (χ1v) is 11.8. The molecular formula is C22H33ClN2O3S. The number of hydrogen-bond donors (Lipinski definition) is 1. The number of methoxy groups -OCH3 is 1. The Bertz CT molecular complexity index is 748. The Balaban J connectivity index is 0.00000205. The zero-order chi connectivity index (χ0) is 19.2. The maximum absolute atomic E-state index is 13.5. The molecule has 162 valence electrons. The highest BCUT2D eigenvalue weighted by Crippen LogP contribution is 2.47. The van der Waals surface area contributed by atoms with Crippen LogP contribution in [0.25, 0.3) is 0 Å². The van der Waals surface area contributed by atoms with Crippen LogP contribution in [0.1, 0.15) is 65.1 Å². The van der Waals surface area contributed by atoms with Crippen LogP contribution in [0.4, 0.5) is 0 Å². The van der Waals surface area contributed by atoms with Crippen molar-refractivity contribution in [1.82, 2.24) is 10.2 Å². The van der Waals surface area contributed by atoms with Crippen LogP contribution in [0.2, 0.25) is 0 Å².